The first-order valence-corrected chi connectivity index (χ1v) is 9.76. The van der Waals surface area contributed by atoms with Crippen LogP contribution in [0.15, 0.2) is 57.6 Å². The van der Waals surface area contributed by atoms with Crippen molar-refractivity contribution in [3.63, 3.8) is 0 Å². The molecule has 0 bridgehead atoms. The van der Waals surface area contributed by atoms with Gasteiger partial charge in [0.25, 0.3) is 5.91 Å². The van der Waals surface area contributed by atoms with E-state index in [0.717, 1.165) is 31.5 Å². The summed E-state index contributed by atoms with van der Waals surface area (Å²) in [5.74, 6) is 0.355. The van der Waals surface area contributed by atoms with Gasteiger partial charge in [0.1, 0.15) is 6.04 Å². The summed E-state index contributed by atoms with van der Waals surface area (Å²) in [6.45, 7) is 1.84. The van der Waals surface area contributed by atoms with Crippen molar-refractivity contribution in [3.05, 3.63) is 65.9 Å². The average Bonchev–Trinajstić information content (AvgIpc) is 3.36. The molecule has 3 aromatic rings. The lowest BCUT2D eigenvalue weighted by atomic mass is 10.1. The van der Waals surface area contributed by atoms with Gasteiger partial charge in [-0.05, 0) is 30.5 Å². The van der Waals surface area contributed by atoms with Gasteiger partial charge in [0.15, 0.2) is 5.76 Å². The Bertz CT molecular complexity index is 868. The standard InChI is InChI=1S/C21H24N4O3/c26-19(18-11-8-14-27-18)22-17(15-16-9-4-3-5-10-16)20-23-24-21(28-20)25-12-6-1-2-7-13-25/h3-5,8-11,14,17H,1-2,6-7,12-13,15H2,(H,22,26)/t17-/m0/s1. The molecule has 7 heteroatoms. The summed E-state index contributed by atoms with van der Waals surface area (Å²) in [5, 5.41) is 11.5. The van der Waals surface area contributed by atoms with Crippen molar-refractivity contribution in [2.75, 3.05) is 18.0 Å². The van der Waals surface area contributed by atoms with Gasteiger partial charge in [-0.2, -0.15) is 0 Å². The van der Waals surface area contributed by atoms with E-state index in [1.54, 1.807) is 12.1 Å². The molecule has 1 atom stereocenters. The molecule has 0 aliphatic carbocycles. The smallest absolute Gasteiger partial charge is 0.318 e. The average molecular weight is 380 g/mol. The highest BCUT2D eigenvalue weighted by atomic mass is 16.4. The molecule has 1 aliphatic rings. The van der Waals surface area contributed by atoms with E-state index in [4.69, 9.17) is 8.83 Å². The van der Waals surface area contributed by atoms with Gasteiger partial charge in [0.05, 0.1) is 6.26 Å². The van der Waals surface area contributed by atoms with E-state index in [2.05, 4.69) is 20.4 Å². The number of furan rings is 1. The van der Waals surface area contributed by atoms with Gasteiger partial charge in [0, 0.05) is 19.5 Å². The Morgan fingerprint density at radius 3 is 2.54 bits per heavy atom. The van der Waals surface area contributed by atoms with Crippen molar-refractivity contribution in [2.45, 2.75) is 38.1 Å². The van der Waals surface area contributed by atoms with Crippen LogP contribution in [0.4, 0.5) is 6.01 Å². The maximum absolute atomic E-state index is 12.5. The molecule has 2 aromatic heterocycles. The van der Waals surface area contributed by atoms with Crippen molar-refractivity contribution < 1.29 is 13.6 Å². The van der Waals surface area contributed by atoms with Crippen LogP contribution in [-0.4, -0.2) is 29.2 Å². The van der Waals surface area contributed by atoms with Crippen molar-refractivity contribution in [2.24, 2.45) is 0 Å². The molecule has 0 radical (unpaired) electrons. The summed E-state index contributed by atoms with van der Waals surface area (Å²) < 4.78 is 11.2. The third kappa shape index (κ3) is 4.42. The van der Waals surface area contributed by atoms with Crippen molar-refractivity contribution in [1.82, 2.24) is 15.5 Å². The maximum Gasteiger partial charge on any atom is 0.318 e. The fourth-order valence-corrected chi connectivity index (χ4v) is 3.44. The summed E-state index contributed by atoms with van der Waals surface area (Å²) in [5.41, 5.74) is 1.07. The number of nitrogens with one attached hydrogen (secondary N) is 1. The molecule has 0 spiro atoms. The van der Waals surface area contributed by atoms with Gasteiger partial charge < -0.3 is 19.1 Å². The third-order valence-corrected chi connectivity index (χ3v) is 4.94. The number of anilines is 1. The second kappa shape index (κ2) is 8.73. The summed E-state index contributed by atoms with van der Waals surface area (Å²) in [6.07, 6.45) is 6.74. The van der Waals surface area contributed by atoms with E-state index in [-0.39, 0.29) is 11.7 Å². The zero-order valence-corrected chi connectivity index (χ0v) is 15.7. The van der Waals surface area contributed by atoms with Crippen LogP contribution in [0, 0.1) is 0 Å². The number of hydrogen-bond donors (Lipinski definition) is 1. The summed E-state index contributed by atoms with van der Waals surface area (Å²) in [6, 6.07) is 13.3. The third-order valence-electron chi connectivity index (χ3n) is 4.94. The summed E-state index contributed by atoms with van der Waals surface area (Å²) in [7, 11) is 0. The van der Waals surface area contributed by atoms with Crippen molar-refractivity contribution in [1.29, 1.82) is 0 Å². The summed E-state index contributed by atoms with van der Waals surface area (Å²) in [4.78, 5) is 14.7. The van der Waals surface area contributed by atoms with Crippen LogP contribution < -0.4 is 10.2 Å². The molecular weight excluding hydrogens is 356 g/mol. The fraction of sp³-hybridized carbons (Fsp3) is 0.381. The van der Waals surface area contributed by atoms with Crippen LogP contribution in [0.2, 0.25) is 0 Å². The Labute approximate surface area is 163 Å². The highest BCUT2D eigenvalue weighted by Crippen LogP contribution is 2.23. The molecule has 4 rings (SSSR count). The second-order valence-electron chi connectivity index (χ2n) is 7.02. The van der Waals surface area contributed by atoms with E-state index < -0.39 is 6.04 Å². The molecule has 1 aliphatic heterocycles. The van der Waals surface area contributed by atoms with Crippen molar-refractivity contribution >= 4 is 11.9 Å². The molecule has 3 heterocycles. The predicted molar refractivity (Wildman–Crippen MR) is 104 cm³/mol. The lowest BCUT2D eigenvalue weighted by Gasteiger charge is -2.17. The zero-order valence-electron chi connectivity index (χ0n) is 15.7. The molecule has 1 N–H and O–H groups in total. The second-order valence-corrected chi connectivity index (χ2v) is 7.02. The van der Waals surface area contributed by atoms with Gasteiger partial charge in [-0.15, -0.1) is 5.10 Å². The highest BCUT2D eigenvalue weighted by Gasteiger charge is 2.25. The molecule has 1 amide bonds. The highest BCUT2D eigenvalue weighted by molar-refractivity contribution is 5.91. The molecule has 146 valence electrons. The first kappa shape index (κ1) is 18.3. The molecule has 0 unspecified atom stereocenters. The van der Waals surface area contributed by atoms with Gasteiger partial charge in [-0.3, -0.25) is 4.79 Å². The Balaban J connectivity index is 1.55. The van der Waals surface area contributed by atoms with E-state index >= 15 is 0 Å². The minimum Gasteiger partial charge on any atom is -0.459 e. The number of nitrogens with zero attached hydrogens (tertiary/aromatic N) is 3. The maximum atomic E-state index is 12.5. The van der Waals surface area contributed by atoms with Crippen LogP contribution in [0.3, 0.4) is 0 Å². The largest absolute Gasteiger partial charge is 0.459 e. The zero-order chi connectivity index (χ0) is 19.2. The van der Waals surface area contributed by atoms with E-state index in [1.807, 2.05) is 30.3 Å². The van der Waals surface area contributed by atoms with Crippen LogP contribution in [0.5, 0.6) is 0 Å². The quantitative estimate of drug-likeness (QED) is 0.701. The van der Waals surface area contributed by atoms with Gasteiger partial charge in [0.2, 0.25) is 5.89 Å². The van der Waals surface area contributed by atoms with Crippen molar-refractivity contribution in [3.8, 4) is 0 Å². The topological polar surface area (TPSA) is 84.4 Å². The molecule has 28 heavy (non-hydrogen) atoms. The molecule has 7 nitrogen and oxygen atoms in total. The molecule has 1 fully saturated rings. The normalized spacial score (nSPS) is 15.8. The Kier molecular flexibility index (Phi) is 5.70. The van der Waals surface area contributed by atoms with Crippen LogP contribution in [0.1, 0.15) is 53.7 Å². The Hall–Kier alpha value is -3.09. The van der Waals surface area contributed by atoms with Crippen LogP contribution >= 0.6 is 0 Å². The SMILES string of the molecule is O=C(N[C@@H](Cc1ccccc1)c1nnc(N2CCCCCC2)o1)c1ccco1. The number of rotatable bonds is 6. The lowest BCUT2D eigenvalue weighted by molar-refractivity contribution is 0.0902. The predicted octanol–water partition coefficient (Wildman–Crippen LogP) is 3.76. The molecule has 0 saturated carbocycles. The van der Waals surface area contributed by atoms with E-state index in [9.17, 15) is 4.79 Å². The molecule has 1 saturated heterocycles. The summed E-state index contributed by atoms with van der Waals surface area (Å²) >= 11 is 0. The number of hydrogen-bond acceptors (Lipinski definition) is 6. The van der Waals surface area contributed by atoms with Gasteiger partial charge in [-0.25, -0.2) is 0 Å². The fourth-order valence-electron chi connectivity index (χ4n) is 3.44. The Morgan fingerprint density at radius 2 is 1.82 bits per heavy atom. The number of carbonyl (C=O) groups is 1. The first-order valence-electron chi connectivity index (χ1n) is 9.76. The number of aromatic nitrogens is 2. The number of benzene rings is 1. The number of carbonyl (C=O) groups excluding carboxylic acids is 1. The van der Waals surface area contributed by atoms with Gasteiger partial charge in [-0.1, -0.05) is 48.3 Å². The molecule has 1 aromatic carbocycles. The minimum absolute atomic E-state index is 0.255. The van der Waals surface area contributed by atoms with Crippen LogP contribution in [-0.2, 0) is 6.42 Å². The lowest BCUT2D eigenvalue weighted by Crippen LogP contribution is -2.30. The Morgan fingerprint density at radius 1 is 1.04 bits per heavy atom. The minimum atomic E-state index is -0.437. The number of amides is 1. The van der Waals surface area contributed by atoms with E-state index in [1.165, 1.54) is 19.1 Å². The van der Waals surface area contributed by atoms with E-state index in [0.29, 0.717) is 18.3 Å². The van der Waals surface area contributed by atoms with Gasteiger partial charge >= 0.3 is 6.01 Å². The van der Waals surface area contributed by atoms with Crippen LogP contribution in [0.25, 0.3) is 0 Å². The monoisotopic (exact) mass is 380 g/mol. The molecular formula is C21H24N4O3. The first-order chi connectivity index (χ1) is 13.8.